The SMILES string of the molecule is CC(C)NS(=O)(=O)c1ccc(Nc2ncc(C#N)c(OC3CCC(O)C3)n2)cc1. The maximum atomic E-state index is 12.2. The lowest BCUT2D eigenvalue weighted by atomic mass is 10.3. The monoisotopic (exact) mass is 417 g/mol. The number of nitrogens with zero attached hydrogens (tertiary/aromatic N) is 3. The van der Waals surface area contributed by atoms with Gasteiger partial charge in [-0.3, -0.25) is 0 Å². The molecule has 0 bridgehead atoms. The summed E-state index contributed by atoms with van der Waals surface area (Å²) in [4.78, 5) is 8.51. The van der Waals surface area contributed by atoms with E-state index in [1.54, 1.807) is 26.0 Å². The molecule has 9 nitrogen and oxygen atoms in total. The molecule has 1 aromatic carbocycles. The topological polar surface area (TPSA) is 137 Å². The lowest BCUT2D eigenvalue weighted by Gasteiger charge is -2.14. The van der Waals surface area contributed by atoms with Gasteiger partial charge in [-0.15, -0.1) is 0 Å². The summed E-state index contributed by atoms with van der Waals surface area (Å²) in [6.07, 6.45) is 2.62. The van der Waals surface area contributed by atoms with Gasteiger partial charge in [0.1, 0.15) is 17.7 Å². The lowest BCUT2D eigenvalue weighted by molar-refractivity contribution is 0.146. The lowest BCUT2D eigenvalue weighted by Crippen LogP contribution is -2.30. The highest BCUT2D eigenvalue weighted by Gasteiger charge is 2.26. The first-order chi connectivity index (χ1) is 13.8. The van der Waals surface area contributed by atoms with Crippen LogP contribution in [0.15, 0.2) is 35.4 Å². The average Bonchev–Trinajstić information content (AvgIpc) is 3.06. The number of aliphatic hydroxyl groups excluding tert-OH is 1. The second-order valence-electron chi connectivity index (χ2n) is 7.16. The van der Waals surface area contributed by atoms with Crippen molar-refractivity contribution in [2.75, 3.05) is 5.32 Å². The minimum absolute atomic E-state index is 0.154. The van der Waals surface area contributed by atoms with Gasteiger partial charge in [0.25, 0.3) is 0 Å². The summed E-state index contributed by atoms with van der Waals surface area (Å²) in [6.45, 7) is 3.50. The molecule has 1 aliphatic rings. The maximum Gasteiger partial charge on any atom is 0.240 e. The first kappa shape index (κ1) is 21.0. The van der Waals surface area contributed by atoms with Crippen molar-refractivity contribution in [3.63, 3.8) is 0 Å². The van der Waals surface area contributed by atoms with Crippen molar-refractivity contribution < 1.29 is 18.3 Å². The first-order valence-corrected chi connectivity index (χ1v) is 10.8. The number of nitrogens with one attached hydrogen (secondary N) is 2. The zero-order valence-corrected chi connectivity index (χ0v) is 17.0. The van der Waals surface area contributed by atoms with Gasteiger partial charge in [0, 0.05) is 18.2 Å². The number of aromatic nitrogens is 2. The number of anilines is 2. The molecule has 0 saturated heterocycles. The molecule has 154 valence electrons. The van der Waals surface area contributed by atoms with E-state index >= 15 is 0 Å². The van der Waals surface area contributed by atoms with Gasteiger partial charge in [-0.2, -0.15) is 10.2 Å². The highest BCUT2D eigenvalue weighted by molar-refractivity contribution is 7.89. The van der Waals surface area contributed by atoms with E-state index in [0.29, 0.717) is 24.9 Å². The van der Waals surface area contributed by atoms with Crippen molar-refractivity contribution >= 4 is 21.7 Å². The molecule has 2 unspecified atom stereocenters. The molecule has 3 N–H and O–H groups in total. The molecular formula is C19H23N5O4S. The number of benzene rings is 1. The van der Waals surface area contributed by atoms with Gasteiger partial charge in [-0.05, 0) is 51.0 Å². The van der Waals surface area contributed by atoms with E-state index in [4.69, 9.17) is 4.74 Å². The number of nitriles is 1. The number of hydrogen-bond donors (Lipinski definition) is 3. The molecule has 0 amide bonds. The van der Waals surface area contributed by atoms with Crippen molar-refractivity contribution in [1.82, 2.24) is 14.7 Å². The molecular weight excluding hydrogens is 394 g/mol. The summed E-state index contributed by atoms with van der Waals surface area (Å²) in [5.41, 5.74) is 0.790. The van der Waals surface area contributed by atoms with E-state index in [1.165, 1.54) is 18.3 Å². The molecule has 29 heavy (non-hydrogen) atoms. The molecule has 2 aromatic rings. The standard InChI is InChI=1S/C19H23N5O4S/c1-12(2)24-29(26,27)17-7-3-14(4-8-17)22-19-21-11-13(10-20)18(23-19)28-16-6-5-15(25)9-16/h3-4,7-8,11-12,15-16,24-25H,5-6,9H2,1-2H3,(H,21,22,23). The van der Waals surface area contributed by atoms with E-state index in [1.807, 2.05) is 6.07 Å². The quantitative estimate of drug-likeness (QED) is 0.622. The maximum absolute atomic E-state index is 12.2. The van der Waals surface area contributed by atoms with Gasteiger partial charge in [-0.25, -0.2) is 18.1 Å². The zero-order valence-electron chi connectivity index (χ0n) is 16.2. The van der Waals surface area contributed by atoms with Crippen molar-refractivity contribution in [3.05, 3.63) is 36.0 Å². The Labute approximate surface area is 169 Å². The van der Waals surface area contributed by atoms with Gasteiger partial charge in [0.15, 0.2) is 0 Å². The van der Waals surface area contributed by atoms with Gasteiger partial charge in [0.2, 0.25) is 21.9 Å². The fraction of sp³-hybridized carbons (Fsp3) is 0.421. The van der Waals surface area contributed by atoms with Crippen LogP contribution in [0.5, 0.6) is 5.88 Å². The van der Waals surface area contributed by atoms with Gasteiger partial charge < -0.3 is 15.2 Å². The summed E-state index contributed by atoms with van der Waals surface area (Å²) in [5.74, 6) is 0.373. The van der Waals surface area contributed by atoms with Crippen LogP contribution in [0, 0.1) is 11.3 Å². The van der Waals surface area contributed by atoms with Crippen LogP contribution in [0.2, 0.25) is 0 Å². The van der Waals surface area contributed by atoms with E-state index in [0.717, 1.165) is 0 Å². The molecule has 1 fully saturated rings. The van der Waals surface area contributed by atoms with Crippen LogP contribution >= 0.6 is 0 Å². The minimum Gasteiger partial charge on any atom is -0.473 e. The smallest absolute Gasteiger partial charge is 0.240 e. The zero-order chi connectivity index (χ0) is 21.0. The summed E-state index contributed by atoms with van der Waals surface area (Å²) >= 11 is 0. The largest absolute Gasteiger partial charge is 0.473 e. The molecule has 2 atom stereocenters. The molecule has 10 heteroatoms. The summed E-state index contributed by atoms with van der Waals surface area (Å²) in [7, 11) is -3.57. The van der Waals surface area contributed by atoms with E-state index in [9.17, 15) is 18.8 Å². The van der Waals surface area contributed by atoms with E-state index < -0.39 is 16.1 Å². The molecule has 3 rings (SSSR count). The van der Waals surface area contributed by atoms with Crippen LogP contribution in [0.4, 0.5) is 11.6 Å². The summed E-state index contributed by atoms with van der Waals surface area (Å²) in [6, 6.07) is 7.96. The third kappa shape index (κ3) is 5.41. The van der Waals surface area contributed by atoms with Crippen molar-refractivity contribution in [1.29, 1.82) is 5.26 Å². The van der Waals surface area contributed by atoms with Gasteiger partial charge >= 0.3 is 0 Å². The Morgan fingerprint density at radius 1 is 1.28 bits per heavy atom. The van der Waals surface area contributed by atoms with Gasteiger partial charge in [-0.1, -0.05) is 0 Å². The number of aliphatic hydroxyl groups is 1. The molecule has 0 aliphatic heterocycles. The molecule has 0 radical (unpaired) electrons. The molecule has 1 heterocycles. The molecule has 1 aliphatic carbocycles. The third-order valence-electron chi connectivity index (χ3n) is 4.32. The Hall–Kier alpha value is -2.74. The van der Waals surface area contributed by atoms with Crippen LogP contribution < -0.4 is 14.8 Å². The third-order valence-corrected chi connectivity index (χ3v) is 6.00. The number of hydrogen-bond acceptors (Lipinski definition) is 8. The van der Waals surface area contributed by atoms with Crippen molar-refractivity contribution in [3.8, 4) is 11.9 Å². The Bertz CT molecular complexity index is 1000. The molecule has 0 spiro atoms. The minimum atomic E-state index is -3.57. The second-order valence-corrected chi connectivity index (χ2v) is 8.87. The summed E-state index contributed by atoms with van der Waals surface area (Å²) < 4.78 is 32.7. The predicted molar refractivity (Wildman–Crippen MR) is 106 cm³/mol. The highest BCUT2D eigenvalue weighted by Crippen LogP contribution is 2.26. The van der Waals surface area contributed by atoms with Crippen molar-refractivity contribution in [2.45, 2.75) is 56.3 Å². The summed E-state index contributed by atoms with van der Waals surface area (Å²) in [5, 5.41) is 21.9. The Kier molecular flexibility index (Phi) is 6.32. The fourth-order valence-corrected chi connectivity index (χ4v) is 4.25. The van der Waals surface area contributed by atoms with E-state index in [2.05, 4.69) is 20.0 Å². The van der Waals surface area contributed by atoms with Gasteiger partial charge in [0.05, 0.1) is 17.2 Å². The Morgan fingerprint density at radius 2 is 2.00 bits per heavy atom. The van der Waals surface area contributed by atoms with Crippen LogP contribution in [-0.4, -0.2) is 41.7 Å². The van der Waals surface area contributed by atoms with Crippen LogP contribution in [0.1, 0.15) is 38.7 Å². The number of rotatable bonds is 7. The van der Waals surface area contributed by atoms with Crippen LogP contribution in [0.25, 0.3) is 0 Å². The molecule has 1 saturated carbocycles. The van der Waals surface area contributed by atoms with Crippen LogP contribution in [0.3, 0.4) is 0 Å². The Morgan fingerprint density at radius 3 is 2.59 bits per heavy atom. The normalized spacial score (nSPS) is 19.1. The average molecular weight is 417 g/mol. The van der Waals surface area contributed by atoms with Crippen LogP contribution in [-0.2, 0) is 10.0 Å². The molecule has 1 aromatic heterocycles. The first-order valence-electron chi connectivity index (χ1n) is 9.28. The number of ether oxygens (including phenoxy) is 1. The number of sulfonamides is 1. The highest BCUT2D eigenvalue weighted by atomic mass is 32.2. The Balaban J connectivity index is 1.74. The van der Waals surface area contributed by atoms with E-state index in [-0.39, 0.29) is 34.4 Å². The fourth-order valence-electron chi connectivity index (χ4n) is 3.00. The van der Waals surface area contributed by atoms with Crippen molar-refractivity contribution in [2.24, 2.45) is 0 Å². The second kappa shape index (κ2) is 8.73. The predicted octanol–water partition coefficient (Wildman–Crippen LogP) is 2.07.